The van der Waals surface area contributed by atoms with E-state index in [2.05, 4.69) is 49.5 Å². The fraction of sp³-hybridized carbons (Fsp3) is 0.600. The largest absolute Gasteiger partial charge is 0.316 e. The van der Waals surface area contributed by atoms with Crippen molar-refractivity contribution in [1.29, 1.82) is 0 Å². The molecule has 1 aromatic carbocycles. The Kier molecular flexibility index (Phi) is 3.65. The number of nitrogens with one attached hydrogen (secondary N) is 1. The second-order valence-electron chi connectivity index (χ2n) is 5.51. The molecule has 88 valence electrons. The molecule has 1 aliphatic carbocycles. The third-order valence-electron chi connectivity index (χ3n) is 3.60. The van der Waals surface area contributed by atoms with Crippen molar-refractivity contribution in [3.63, 3.8) is 0 Å². The highest BCUT2D eigenvalue weighted by molar-refractivity contribution is 5.31. The first-order chi connectivity index (χ1) is 7.73. The zero-order chi connectivity index (χ0) is 11.4. The fourth-order valence-electron chi connectivity index (χ4n) is 2.23. The van der Waals surface area contributed by atoms with Crippen LogP contribution >= 0.6 is 0 Å². The lowest BCUT2D eigenvalue weighted by Gasteiger charge is -2.17. The van der Waals surface area contributed by atoms with Crippen LogP contribution in [-0.4, -0.2) is 13.1 Å². The zero-order valence-corrected chi connectivity index (χ0v) is 10.5. The first-order valence-electron chi connectivity index (χ1n) is 6.49. The third kappa shape index (κ3) is 2.85. The molecule has 0 bridgehead atoms. The number of hydrogen-bond donors (Lipinski definition) is 1. The van der Waals surface area contributed by atoms with Crippen LogP contribution in [-0.2, 0) is 5.41 Å². The molecule has 1 nitrogen and oxygen atoms in total. The lowest BCUT2D eigenvalue weighted by molar-refractivity contribution is 0.507. The molecule has 0 atom stereocenters. The van der Waals surface area contributed by atoms with Crippen LogP contribution in [0.1, 0.15) is 38.7 Å². The van der Waals surface area contributed by atoms with Crippen molar-refractivity contribution in [3.05, 3.63) is 35.9 Å². The summed E-state index contributed by atoms with van der Waals surface area (Å²) in [5.74, 6) is 0.805. The first-order valence-corrected chi connectivity index (χ1v) is 6.49. The molecule has 0 aromatic heterocycles. The average Bonchev–Trinajstić information content (AvgIpc) is 3.07. The lowest BCUT2D eigenvalue weighted by atomic mass is 9.96. The van der Waals surface area contributed by atoms with Gasteiger partial charge in [0.25, 0.3) is 0 Å². The molecular weight excluding hydrogens is 194 g/mol. The van der Waals surface area contributed by atoms with Crippen molar-refractivity contribution < 1.29 is 0 Å². The first kappa shape index (κ1) is 11.7. The molecule has 2 rings (SSSR count). The smallest absolute Gasteiger partial charge is 0.00784 e. The normalized spacial score (nSPS) is 17.7. The minimum absolute atomic E-state index is 0.470. The van der Waals surface area contributed by atoms with Gasteiger partial charge in [0, 0.05) is 12.0 Å². The maximum absolute atomic E-state index is 3.62. The molecule has 1 aromatic rings. The summed E-state index contributed by atoms with van der Waals surface area (Å²) in [6.45, 7) is 6.88. The molecule has 0 heterocycles. The highest BCUT2D eigenvalue weighted by Gasteiger charge is 2.43. The van der Waals surface area contributed by atoms with E-state index in [1.807, 2.05) is 0 Å². The molecule has 1 fully saturated rings. The molecular formula is C15H23N. The molecule has 0 spiro atoms. The highest BCUT2D eigenvalue weighted by atomic mass is 14.9. The summed E-state index contributed by atoms with van der Waals surface area (Å²) in [6, 6.07) is 11.0. The van der Waals surface area contributed by atoms with Gasteiger partial charge in [0.15, 0.2) is 0 Å². The van der Waals surface area contributed by atoms with Crippen LogP contribution in [0.15, 0.2) is 30.3 Å². The van der Waals surface area contributed by atoms with Crippen molar-refractivity contribution in [2.75, 3.05) is 13.1 Å². The summed E-state index contributed by atoms with van der Waals surface area (Å²) in [4.78, 5) is 0. The Morgan fingerprint density at radius 3 is 2.44 bits per heavy atom. The van der Waals surface area contributed by atoms with Crippen LogP contribution in [0.3, 0.4) is 0 Å². The van der Waals surface area contributed by atoms with Crippen LogP contribution in [0.2, 0.25) is 0 Å². The Bertz CT molecular complexity index is 311. The Balaban J connectivity index is 1.81. The number of rotatable bonds is 6. The van der Waals surface area contributed by atoms with Gasteiger partial charge >= 0.3 is 0 Å². The predicted molar refractivity (Wildman–Crippen MR) is 69.7 cm³/mol. The van der Waals surface area contributed by atoms with Gasteiger partial charge < -0.3 is 5.32 Å². The van der Waals surface area contributed by atoms with Gasteiger partial charge in [0.05, 0.1) is 0 Å². The van der Waals surface area contributed by atoms with E-state index in [1.165, 1.54) is 24.8 Å². The van der Waals surface area contributed by atoms with E-state index in [0.717, 1.165) is 19.0 Å². The third-order valence-corrected chi connectivity index (χ3v) is 3.60. The van der Waals surface area contributed by atoms with Gasteiger partial charge in [-0.05, 0) is 37.3 Å². The van der Waals surface area contributed by atoms with Gasteiger partial charge in [0.1, 0.15) is 0 Å². The monoisotopic (exact) mass is 217 g/mol. The Labute approximate surface area is 99.3 Å². The topological polar surface area (TPSA) is 12.0 Å². The van der Waals surface area contributed by atoms with Crippen LogP contribution in [0.5, 0.6) is 0 Å². The highest BCUT2D eigenvalue weighted by Crippen LogP contribution is 2.47. The van der Waals surface area contributed by atoms with Gasteiger partial charge in [-0.25, -0.2) is 0 Å². The standard InChI is InChI=1S/C15H23N/c1-13(2)8-11-16-12-15(9-10-15)14-6-4-3-5-7-14/h3-7,13,16H,8-12H2,1-2H3. The van der Waals surface area contributed by atoms with Gasteiger partial charge in [-0.1, -0.05) is 44.2 Å². The summed E-state index contributed by atoms with van der Waals surface area (Å²) < 4.78 is 0. The summed E-state index contributed by atoms with van der Waals surface area (Å²) in [5.41, 5.74) is 1.99. The second-order valence-corrected chi connectivity index (χ2v) is 5.51. The molecule has 1 heteroatoms. The van der Waals surface area contributed by atoms with Gasteiger partial charge in [-0.3, -0.25) is 0 Å². The molecule has 0 aliphatic heterocycles. The van der Waals surface area contributed by atoms with E-state index >= 15 is 0 Å². The summed E-state index contributed by atoms with van der Waals surface area (Å²) in [7, 11) is 0. The van der Waals surface area contributed by atoms with E-state index in [4.69, 9.17) is 0 Å². The quantitative estimate of drug-likeness (QED) is 0.721. The van der Waals surface area contributed by atoms with Crippen LogP contribution in [0, 0.1) is 5.92 Å². The van der Waals surface area contributed by atoms with Crippen molar-refractivity contribution in [1.82, 2.24) is 5.32 Å². The Hall–Kier alpha value is -0.820. The van der Waals surface area contributed by atoms with E-state index in [9.17, 15) is 0 Å². The van der Waals surface area contributed by atoms with E-state index in [-0.39, 0.29) is 0 Å². The minimum Gasteiger partial charge on any atom is -0.316 e. The van der Waals surface area contributed by atoms with E-state index in [0.29, 0.717) is 5.41 Å². The average molecular weight is 217 g/mol. The zero-order valence-electron chi connectivity index (χ0n) is 10.5. The number of benzene rings is 1. The maximum atomic E-state index is 3.62. The van der Waals surface area contributed by atoms with Gasteiger partial charge in [0.2, 0.25) is 0 Å². The second kappa shape index (κ2) is 5.01. The summed E-state index contributed by atoms with van der Waals surface area (Å²) in [6.07, 6.45) is 3.99. The van der Waals surface area contributed by atoms with Crippen LogP contribution < -0.4 is 5.32 Å². The summed E-state index contributed by atoms with van der Waals surface area (Å²) >= 11 is 0. The van der Waals surface area contributed by atoms with Crippen molar-refractivity contribution >= 4 is 0 Å². The molecule has 0 unspecified atom stereocenters. The van der Waals surface area contributed by atoms with Crippen LogP contribution in [0.4, 0.5) is 0 Å². The molecule has 0 radical (unpaired) electrons. The van der Waals surface area contributed by atoms with E-state index < -0.39 is 0 Å². The fourth-order valence-corrected chi connectivity index (χ4v) is 2.23. The lowest BCUT2D eigenvalue weighted by Crippen LogP contribution is -2.28. The Morgan fingerprint density at radius 2 is 1.88 bits per heavy atom. The molecule has 0 saturated heterocycles. The molecule has 16 heavy (non-hydrogen) atoms. The van der Waals surface area contributed by atoms with E-state index in [1.54, 1.807) is 0 Å². The van der Waals surface area contributed by atoms with Crippen LogP contribution in [0.25, 0.3) is 0 Å². The Morgan fingerprint density at radius 1 is 1.19 bits per heavy atom. The predicted octanol–water partition coefficient (Wildman–Crippen LogP) is 3.35. The SMILES string of the molecule is CC(C)CCNCC1(c2ccccc2)CC1. The molecule has 1 aliphatic rings. The molecule has 1 saturated carbocycles. The minimum atomic E-state index is 0.470. The molecule has 1 N–H and O–H groups in total. The van der Waals surface area contributed by atoms with Gasteiger partial charge in [-0.15, -0.1) is 0 Å². The van der Waals surface area contributed by atoms with Crippen molar-refractivity contribution in [2.45, 2.75) is 38.5 Å². The maximum Gasteiger partial charge on any atom is 0.00784 e. The van der Waals surface area contributed by atoms with Crippen molar-refractivity contribution in [3.8, 4) is 0 Å². The molecule has 0 amide bonds. The van der Waals surface area contributed by atoms with Gasteiger partial charge in [-0.2, -0.15) is 0 Å². The number of hydrogen-bond acceptors (Lipinski definition) is 1. The summed E-state index contributed by atoms with van der Waals surface area (Å²) in [5, 5.41) is 3.62. The van der Waals surface area contributed by atoms with Crippen molar-refractivity contribution in [2.24, 2.45) is 5.92 Å².